The Morgan fingerprint density at radius 1 is 1.32 bits per heavy atom. The third-order valence-corrected chi connectivity index (χ3v) is 3.21. The molecule has 1 N–H and O–H groups in total. The van der Waals surface area contributed by atoms with Gasteiger partial charge in [-0.3, -0.25) is 9.78 Å². The van der Waals surface area contributed by atoms with Gasteiger partial charge in [0.25, 0.3) is 0 Å². The van der Waals surface area contributed by atoms with E-state index in [1.807, 2.05) is 26.2 Å². The highest BCUT2D eigenvalue weighted by molar-refractivity contribution is 5.82. The van der Waals surface area contributed by atoms with Gasteiger partial charge in [0.2, 0.25) is 5.91 Å². The number of aromatic nitrogens is 1. The fraction of sp³-hybridized carbons (Fsp3) is 0.333. The molecule has 0 unspecified atom stereocenters. The van der Waals surface area contributed by atoms with Gasteiger partial charge in [-0.05, 0) is 30.0 Å². The molecule has 0 aliphatic rings. The van der Waals surface area contributed by atoms with Crippen molar-refractivity contribution in [3.8, 4) is 0 Å². The molecule has 0 fully saturated rings. The first-order valence-corrected chi connectivity index (χ1v) is 6.48. The van der Waals surface area contributed by atoms with E-state index in [0.717, 1.165) is 11.9 Å². The van der Waals surface area contributed by atoms with Gasteiger partial charge in [-0.1, -0.05) is 12.1 Å². The van der Waals surface area contributed by atoms with Crippen LogP contribution in [0.15, 0.2) is 36.7 Å². The average Bonchev–Trinajstić information content (AvgIpc) is 2.46. The first kappa shape index (κ1) is 13.5. The molecule has 1 heterocycles. The molecule has 1 aromatic carbocycles. The summed E-state index contributed by atoms with van der Waals surface area (Å²) in [7, 11) is 1.81. The summed E-state index contributed by atoms with van der Waals surface area (Å²) < 4.78 is 0. The summed E-state index contributed by atoms with van der Waals surface area (Å²) in [6.45, 7) is 3.78. The molecule has 2 rings (SSSR count). The molecule has 0 aliphatic heterocycles. The van der Waals surface area contributed by atoms with Crippen LogP contribution in [0.1, 0.15) is 12.5 Å². The van der Waals surface area contributed by atoms with Crippen LogP contribution < -0.4 is 5.32 Å². The summed E-state index contributed by atoms with van der Waals surface area (Å²) >= 11 is 0. The Morgan fingerprint density at radius 3 is 2.95 bits per heavy atom. The Hall–Kier alpha value is -1.94. The lowest BCUT2D eigenvalue weighted by atomic mass is 10.1. The maximum absolute atomic E-state index is 11.6. The van der Waals surface area contributed by atoms with Crippen LogP contribution in [-0.4, -0.2) is 35.9 Å². The summed E-state index contributed by atoms with van der Waals surface area (Å²) in [6, 6.07) is 8.23. The predicted octanol–water partition coefficient (Wildman–Crippen LogP) is 1.80. The normalized spacial score (nSPS) is 10.6. The number of nitrogens with one attached hydrogen (secondary N) is 1. The van der Waals surface area contributed by atoms with Crippen LogP contribution >= 0.6 is 0 Å². The number of likely N-dealkylation sites (N-methyl/N-ethyl adjacent to an activating group) is 1. The van der Waals surface area contributed by atoms with E-state index < -0.39 is 0 Å². The standard InChI is InChI=1S/C15H19N3O/c1-3-18(2)15(19)11-17-9-12-4-5-14-10-16-7-6-13(14)8-12/h4-8,10,17H,3,9,11H2,1-2H3. The van der Waals surface area contributed by atoms with Crippen LogP contribution in [0.4, 0.5) is 0 Å². The van der Waals surface area contributed by atoms with Gasteiger partial charge in [-0.2, -0.15) is 0 Å². The summed E-state index contributed by atoms with van der Waals surface area (Å²) in [5.41, 5.74) is 1.17. The maximum atomic E-state index is 11.6. The van der Waals surface area contributed by atoms with Crippen molar-refractivity contribution in [2.24, 2.45) is 0 Å². The molecule has 4 heteroatoms. The fourth-order valence-electron chi connectivity index (χ4n) is 1.87. The fourth-order valence-corrected chi connectivity index (χ4v) is 1.87. The highest BCUT2D eigenvalue weighted by Crippen LogP contribution is 2.14. The molecule has 0 saturated heterocycles. The third-order valence-electron chi connectivity index (χ3n) is 3.21. The minimum Gasteiger partial charge on any atom is -0.345 e. The molecule has 0 aliphatic carbocycles. The van der Waals surface area contributed by atoms with Crippen molar-refractivity contribution in [1.82, 2.24) is 15.2 Å². The zero-order valence-electron chi connectivity index (χ0n) is 11.4. The summed E-state index contributed by atoms with van der Waals surface area (Å²) in [5.74, 6) is 0.118. The smallest absolute Gasteiger partial charge is 0.236 e. The number of fused-ring (bicyclic) bond motifs is 1. The van der Waals surface area contributed by atoms with E-state index >= 15 is 0 Å². The molecular weight excluding hydrogens is 238 g/mol. The number of amides is 1. The Balaban J connectivity index is 1.93. The van der Waals surface area contributed by atoms with Crippen molar-refractivity contribution in [2.75, 3.05) is 20.1 Å². The van der Waals surface area contributed by atoms with E-state index in [0.29, 0.717) is 13.1 Å². The van der Waals surface area contributed by atoms with Gasteiger partial charge in [0.15, 0.2) is 0 Å². The van der Waals surface area contributed by atoms with Gasteiger partial charge in [0, 0.05) is 37.9 Å². The molecule has 2 aromatic rings. The Labute approximate surface area is 113 Å². The Morgan fingerprint density at radius 2 is 2.16 bits per heavy atom. The van der Waals surface area contributed by atoms with Crippen LogP contribution in [0, 0.1) is 0 Å². The number of nitrogens with zero attached hydrogens (tertiary/aromatic N) is 2. The van der Waals surface area contributed by atoms with E-state index in [1.54, 1.807) is 11.1 Å². The summed E-state index contributed by atoms with van der Waals surface area (Å²) in [5, 5.41) is 5.48. The maximum Gasteiger partial charge on any atom is 0.236 e. The predicted molar refractivity (Wildman–Crippen MR) is 76.8 cm³/mol. The van der Waals surface area contributed by atoms with E-state index in [1.165, 1.54) is 10.9 Å². The van der Waals surface area contributed by atoms with Gasteiger partial charge in [0.1, 0.15) is 0 Å². The number of benzene rings is 1. The number of pyridine rings is 1. The molecule has 4 nitrogen and oxygen atoms in total. The van der Waals surface area contributed by atoms with Crippen molar-refractivity contribution in [2.45, 2.75) is 13.5 Å². The summed E-state index contributed by atoms with van der Waals surface area (Å²) in [6.07, 6.45) is 3.64. The Kier molecular flexibility index (Phi) is 4.47. The van der Waals surface area contributed by atoms with E-state index in [9.17, 15) is 4.79 Å². The molecule has 0 saturated carbocycles. The van der Waals surface area contributed by atoms with Gasteiger partial charge in [0.05, 0.1) is 6.54 Å². The molecule has 19 heavy (non-hydrogen) atoms. The summed E-state index contributed by atoms with van der Waals surface area (Å²) in [4.78, 5) is 17.4. The van der Waals surface area contributed by atoms with Crippen LogP contribution in [0.2, 0.25) is 0 Å². The second-order valence-electron chi connectivity index (χ2n) is 4.57. The quantitative estimate of drug-likeness (QED) is 0.888. The number of hydrogen-bond donors (Lipinski definition) is 1. The topological polar surface area (TPSA) is 45.2 Å². The van der Waals surface area contributed by atoms with Crippen molar-refractivity contribution < 1.29 is 4.79 Å². The molecule has 0 atom stereocenters. The molecule has 0 radical (unpaired) electrons. The minimum atomic E-state index is 0.118. The number of rotatable bonds is 5. The van der Waals surface area contributed by atoms with Crippen LogP contribution in [-0.2, 0) is 11.3 Å². The van der Waals surface area contributed by atoms with Crippen molar-refractivity contribution in [3.05, 3.63) is 42.2 Å². The lowest BCUT2D eigenvalue weighted by molar-refractivity contribution is -0.128. The van der Waals surface area contributed by atoms with E-state index in [2.05, 4.69) is 28.5 Å². The van der Waals surface area contributed by atoms with Gasteiger partial charge >= 0.3 is 0 Å². The van der Waals surface area contributed by atoms with E-state index in [4.69, 9.17) is 0 Å². The van der Waals surface area contributed by atoms with Crippen molar-refractivity contribution >= 4 is 16.7 Å². The average molecular weight is 257 g/mol. The van der Waals surface area contributed by atoms with Gasteiger partial charge in [-0.15, -0.1) is 0 Å². The second-order valence-corrected chi connectivity index (χ2v) is 4.57. The zero-order valence-corrected chi connectivity index (χ0v) is 11.4. The highest BCUT2D eigenvalue weighted by Gasteiger charge is 2.05. The van der Waals surface area contributed by atoms with Gasteiger partial charge in [-0.25, -0.2) is 0 Å². The second kappa shape index (κ2) is 6.29. The monoisotopic (exact) mass is 257 g/mol. The third kappa shape index (κ3) is 3.51. The molecular formula is C15H19N3O. The molecule has 1 aromatic heterocycles. The van der Waals surface area contributed by atoms with Crippen molar-refractivity contribution in [1.29, 1.82) is 0 Å². The lowest BCUT2D eigenvalue weighted by Crippen LogP contribution is -2.35. The van der Waals surface area contributed by atoms with E-state index in [-0.39, 0.29) is 5.91 Å². The molecule has 0 bridgehead atoms. The first-order chi connectivity index (χ1) is 9.20. The SMILES string of the molecule is CCN(C)C(=O)CNCc1ccc2cnccc2c1. The Bertz CT molecular complexity index is 568. The number of carbonyl (C=O) groups is 1. The molecule has 100 valence electrons. The first-order valence-electron chi connectivity index (χ1n) is 6.48. The van der Waals surface area contributed by atoms with Crippen molar-refractivity contribution in [3.63, 3.8) is 0 Å². The zero-order chi connectivity index (χ0) is 13.7. The van der Waals surface area contributed by atoms with Gasteiger partial charge < -0.3 is 10.2 Å². The largest absolute Gasteiger partial charge is 0.345 e. The number of carbonyl (C=O) groups excluding carboxylic acids is 1. The van der Waals surface area contributed by atoms with Crippen LogP contribution in [0.25, 0.3) is 10.8 Å². The number of hydrogen-bond acceptors (Lipinski definition) is 3. The highest BCUT2D eigenvalue weighted by atomic mass is 16.2. The lowest BCUT2D eigenvalue weighted by Gasteiger charge is -2.14. The van der Waals surface area contributed by atoms with Crippen LogP contribution in [0.3, 0.4) is 0 Å². The molecule has 0 spiro atoms. The van der Waals surface area contributed by atoms with Crippen LogP contribution in [0.5, 0.6) is 0 Å². The molecule has 1 amide bonds. The minimum absolute atomic E-state index is 0.118.